The molecule has 0 fully saturated rings. The van der Waals surface area contributed by atoms with Crippen molar-refractivity contribution in [1.82, 2.24) is 10.2 Å². The first kappa shape index (κ1) is 13.5. The fourth-order valence-corrected chi connectivity index (χ4v) is 2.03. The van der Waals surface area contributed by atoms with Crippen molar-refractivity contribution >= 4 is 11.0 Å². The van der Waals surface area contributed by atoms with Crippen LogP contribution in [0.5, 0.6) is 0 Å². The molecule has 6 nitrogen and oxygen atoms in total. The predicted octanol–water partition coefficient (Wildman–Crippen LogP) is 2.69. The third kappa shape index (κ3) is 2.45. The summed E-state index contributed by atoms with van der Waals surface area (Å²) in [5.74, 6) is 0.834. The summed E-state index contributed by atoms with van der Waals surface area (Å²) in [4.78, 5) is 12.3. The second kappa shape index (κ2) is 5.49. The van der Waals surface area contributed by atoms with Crippen LogP contribution in [0.1, 0.15) is 18.4 Å². The smallest absolute Gasteiger partial charge is 0.284 e. The zero-order chi connectivity index (χ0) is 14.8. The average Bonchev–Trinajstić information content (AvgIpc) is 2.97. The van der Waals surface area contributed by atoms with Crippen molar-refractivity contribution in [3.63, 3.8) is 0 Å². The van der Waals surface area contributed by atoms with E-state index >= 15 is 0 Å². The van der Waals surface area contributed by atoms with Gasteiger partial charge in [-0.15, -0.1) is 10.2 Å². The zero-order valence-electron chi connectivity index (χ0n) is 11.8. The highest BCUT2D eigenvalue weighted by atomic mass is 16.5. The minimum absolute atomic E-state index is 0.101. The summed E-state index contributed by atoms with van der Waals surface area (Å²) >= 11 is 0. The topological polar surface area (TPSA) is 78.4 Å². The first-order valence-electron chi connectivity index (χ1n) is 6.63. The Morgan fingerprint density at radius 2 is 2.00 bits per heavy atom. The van der Waals surface area contributed by atoms with E-state index in [-0.39, 0.29) is 17.9 Å². The normalized spacial score (nSPS) is 11.1. The molecule has 0 bridgehead atoms. The lowest BCUT2D eigenvalue weighted by atomic mass is 10.1. The number of hydrogen-bond donors (Lipinski definition) is 0. The van der Waals surface area contributed by atoms with E-state index in [9.17, 15) is 4.79 Å². The summed E-state index contributed by atoms with van der Waals surface area (Å²) in [6, 6.07) is 7.06. The van der Waals surface area contributed by atoms with Gasteiger partial charge < -0.3 is 13.6 Å². The molecule has 0 unspecified atom stereocenters. The third-order valence-corrected chi connectivity index (χ3v) is 3.12. The molecule has 1 aromatic carbocycles. The van der Waals surface area contributed by atoms with Crippen molar-refractivity contribution in [3.8, 4) is 11.7 Å². The highest BCUT2D eigenvalue weighted by Crippen LogP contribution is 2.24. The third-order valence-electron chi connectivity index (χ3n) is 3.12. The van der Waals surface area contributed by atoms with Crippen LogP contribution in [-0.2, 0) is 11.3 Å². The molecule has 0 amide bonds. The second-order valence-electron chi connectivity index (χ2n) is 4.52. The highest BCUT2D eigenvalue weighted by molar-refractivity contribution is 5.79. The van der Waals surface area contributed by atoms with Gasteiger partial charge in [-0.1, -0.05) is 12.1 Å². The predicted molar refractivity (Wildman–Crippen MR) is 75.8 cm³/mol. The van der Waals surface area contributed by atoms with Gasteiger partial charge >= 0.3 is 0 Å². The van der Waals surface area contributed by atoms with Crippen LogP contribution in [0.15, 0.2) is 37.9 Å². The Balaban J connectivity index is 2.10. The van der Waals surface area contributed by atoms with Gasteiger partial charge in [-0.2, -0.15) is 0 Å². The fourth-order valence-electron chi connectivity index (χ4n) is 2.03. The molecule has 0 saturated carbocycles. The maximum atomic E-state index is 12.3. The molecule has 3 aromatic rings. The van der Waals surface area contributed by atoms with Crippen molar-refractivity contribution in [2.24, 2.45) is 0 Å². The molecule has 0 spiro atoms. The van der Waals surface area contributed by atoms with E-state index in [4.69, 9.17) is 13.6 Å². The molecule has 0 radical (unpaired) electrons. The number of aromatic nitrogens is 2. The quantitative estimate of drug-likeness (QED) is 0.733. The van der Waals surface area contributed by atoms with Crippen molar-refractivity contribution < 1.29 is 13.6 Å². The van der Waals surface area contributed by atoms with E-state index in [1.807, 2.05) is 6.92 Å². The number of para-hydroxylation sites is 1. The molecule has 0 aliphatic rings. The van der Waals surface area contributed by atoms with Crippen molar-refractivity contribution in [3.05, 3.63) is 45.9 Å². The number of fused-ring (bicyclic) bond motifs is 1. The minimum Gasteiger partial charge on any atom is -0.450 e. The Morgan fingerprint density at radius 1 is 1.19 bits per heavy atom. The van der Waals surface area contributed by atoms with E-state index < -0.39 is 0 Å². The Bertz CT molecular complexity index is 835. The molecule has 0 aliphatic carbocycles. The summed E-state index contributed by atoms with van der Waals surface area (Å²) in [5, 5.41) is 8.33. The lowest BCUT2D eigenvalue weighted by Gasteiger charge is -2.02. The molecule has 0 saturated heterocycles. The standard InChI is InChI=1S/C15H14N2O4/c1-3-19-8-12-16-17-15(21-12)14-9(2)13(18)10-6-4-5-7-11(10)20-14/h4-7H,3,8H2,1-2H3. The first-order chi connectivity index (χ1) is 10.2. The van der Waals surface area contributed by atoms with E-state index in [1.165, 1.54) is 0 Å². The number of rotatable bonds is 4. The van der Waals surface area contributed by atoms with Gasteiger partial charge in [0.25, 0.3) is 5.89 Å². The van der Waals surface area contributed by atoms with Gasteiger partial charge in [0.1, 0.15) is 12.2 Å². The molecule has 2 heterocycles. The Morgan fingerprint density at radius 3 is 2.81 bits per heavy atom. The first-order valence-corrected chi connectivity index (χ1v) is 6.63. The van der Waals surface area contributed by atoms with Crippen molar-refractivity contribution in [1.29, 1.82) is 0 Å². The van der Waals surface area contributed by atoms with E-state index in [1.54, 1.807) is 31.2 Å². The van der Waals surface area contributed by atoms with Crippen LogP contribution in [-0.4, -0.2) is 16.8 Å². The largest absolute Gasteiger partial charge is 0.450 e. The van der Waals surface area contributed by atoms with Crippen LogP contribution in [0.4, 0.5) is 0 Å². The number of ether oxygens (including phenoxy) is 1. The van der Waals surface area contributed by atoms with Gasteiger partial charge in [0.2, 0.25) is 5.89 Å². The van der Waals surface area contributed by atoms with E-state index in [0.717, 1.165) is 0 Å². The number of nitrogens with zero attached hydrogens (tertiary/aromatic N) is 2. The van der Waals surface area contributed by atoms with E-state index in [0.29, 0.717) is 34.8 Å². The molecule has 21 heavy (non-hydrogen) atoms. The lowest BCUT2D eigenvalue weighted by molar-refractivity contribution is 0.114. The van der Waals surface area contributed by atoms with Gasteiger partial charge in [0, 0.05) is 12.2 Å². The maximum absolute atomic E-state index is 12.3. The fraction of sp³-hybridized carbons (Fsp3) is 0.267. The monoisotopic (exact) mass is 286 g/mol. The van der Waals surface area contributed by atoms with Crippen LogP contribution < -0.4 is 5.43 Å². The van der Waals surface area contributed by atoms with Crippen LogP contribution in [0.3, 0.4) is 0 Å². The van der Waals surface area contributed by atoms with Gasteiger partial charge in [0.15, 0.2) is 11.2 Å². The molecule has 0 N–H and O–H groups in total. The summed E-state index contributed by atoms with van der Waals surface area (Å²) in [7, 11) is 0. The highest BCUT2D eigenvalue weighted by Gasteiger charge is 2.17. The van der Waals surface area contributed by atoms with Gasteiger partial charge in [-0.05, 0) is 26.0 Å². The van der Waals surface area contributed by atoms with Crippen LogP contribution in [0, 0.1) is 6.92 Å². The molecule has 0 aliphatic heterocycles. The minimum atomic E-state index is -0.101. The van der Waals surface area contributed by atoms with Crippen LogP contribution in [0.25, 0.3) is 22.6 Å². The number of benzene rings is 1. The maximum Gasteiger partial charge on any atom is 0.284 e. The molecule has 3 rings (SSSR count). The average molecular weight is 286 g/mol. The second-order valence-corrected chi connectivity index (χ2v) is 4.52. The molecule has 108 valence electrons. The van der Waals surface area contributed by atoms with Gasteiger partial charge in [0.05, 0.1) is 5.39 Å². The Hall–Kier alpha value is -2.47. The summed E-state index contributed by atoms with van der Waals surface area (Å²) < 4.78 is 16.4. The Kier molecular flexibility index (Phi) is 3.53. The molecule has 2 aromatic heterocycles. The zero-order valence-corrected chi connectivity index (χ0v) is 11.8. The van der Waals surface area contributed by atoms with E-state index in [2.05, 4.69) is 10.2 Å². The lowest BCUT2D eigenvalue weighted by Crippen LogP contribution is -2.07. The van der Waals surface area contributed by atoms with Crippen LogP contribution >= 0.6 is 0 Å². The molecule has 0 atom stereocenters. The molecular weight excluding hydrogens is 272 g/mol. The number of hydrogen-bond acceptors (Lipinski definition) is 6. The molecular formula is C15H14N2O4. The summed E-state index contributed by atoms with van der Waals surface area (Å²) in [6.45, 7) is 4.35. The molecule has 6 heteroatoms. The van der Waals surface area contributed by atoms with Gasteiger partial charge in [-0.3, -0.25) is 4.79 Å². The Labute approximate surface area is 120 Å². The summed E-state index contributed by atoms with van der Waals surface area (Å²) in [5.41, 5.74) is 0.837. The SMILES string of the molecule is CCOCc1nnc(-c2oc3ccccc3c(=O)c2C)o1. The van der Waals surface area contributed by atoms with Gasteiger partial charge in [-0.25, -0.2) is 0 Å². The van der Waals surface area contributed by atoms with Crippen LogP contribution in [0.2, 0.25) is 0 Å². The van der Waals surface area contributed by atoms with Crippen molar-refractivity contribution in [2.75, 3.05) is 6.61 Å². The van der Waals surface area contributed by atoms with Crippen molar-refractivity contribution in [2.45, 2.75) is 20.5 Å². The summed E-state index contributed by atoms with van der Waals surface area (Å²) in [6.07, 6.45) is 0.